The van der Waals surface area contributed by atoms with Crippen LogP contribution in [0.5, 0.6) is 0 Å². The van der Waals surface area contributed by atoms with Crippen molar-refractivity contribution in [3.8, 4) is 0 Å². The van der Waals surface area contributed by atoms with E-state index in [1.54, 1.807) is 0 Å². The Morgan fingerprint density at radius 2 is 2.56 bits per heavy atom. The smallest absolute Gasteiger partial charge is 0.159 e. The first-order valence-electron chi connectivity index (χ1n) is 3.15. The van der Waals surface area contributed by atoms with Crippen LogP contribution in [0.2, 0.25) is 0 Å². The lowest BCUT2D eigenvalue weighted by atomic mass is 10.0. The van der Waals surface area contributed by atoms with E-state index in [0.29, 0.717) is 6.04 Å². The lowest BCUT2D eigenvalue weighted by Crippen LogP contribution is -2.15. The van der Waals surface area contributed by atoms with Crippen molar-refractivity contribution in [2.75, 3.05) is 6.54 Å². The van der Waals surface area contributed by atoms with Crippen molar-refractivity contribution in [1.82, 2.24) is 5.32 Å². The monoisotopic (exact) mass is 125 g/mol. The van der Waals surface area contributed by atoms with Crippen LogP contribution in [-0.2, 0) is 4.79 Å². The van der Waals surface area contributed by atoms with Crippen molar-refractivity contribution in [3.05, 3.63) is 12.7 Å². The van der Waals surface area contributed by atoms with Crippen LogP contribution in [0.4, 0.5) is 0 Å². The maximum atomic E-state index is 10.8. The Morgan fingerprint density at radius 1 is 2.00 bits per heavy atom. The van der Waals surface area contributed by atoms with Crippen LogP contribution in [0.15, 0.2) is 12.7 Å². The van der Waals surface area contributed by atoms with Gasteiger partial charge in [0.15, 0.2) is 5.78 Å². The van der Waals surface area contributed by atoms with E-state index in [0.717, 1.165) is 6.54 Å². The Labute approximate surface area is 54.9 Å². The number of allylic oxidation sites excluding steroid dienone is 1. The molecule has 0 saturated carbocycles. The van der Waals surface area contributed by atoms with Crippen molar-refractivity contribution < 1.29 is 4.79 Å². The maximum absolute atomic E-state index is 10.8. The molecule has 2 nitrogen and oxygen atoms in total. The van der Waals surface area contributed by atoms with Crippen LogP contribution in [0.3, 0.4) is 0 Å². The van der Waals surface area contributed by atoms with E-state index in [1.165, 1.54) is 6.08 Å². The molecule has 2 atom stereocenters. The standard InChI is InChI=1S/C7H11NO/c1-3-7(9)5(2)6-4-8-6/h3,5-6,8H,1,4H2,2H3. The second-order valence-electron chi connectivity index (χ2n) is 2.41. The highest BCUT2D eigenvalue weighted by Gasteiger charge is 2.30. The topological polar surface area (TPSA) is 39.0 Å². The molecular formula is C7H11NO. The average molecular weight is 125 g/mol. The molecule has 0 radical (unpaired) electrons. The third-order valence-electron chi connectivity index (χ3n) is 1.69. The Hall–Kier alpha value is -0.630. The summed E-state index contributed by atoms with van der Waals surface area (Å²) in [5.74, 6) is 0.271. The fourth-order valence-corrected chi connectivity index (χ4v) is 0.806. The van der Waals surface area contributed by atoms with Crippen LogP contribution in [0.25, 0.3) is 0 Å². The Morgan fingerprint density at radius 3 is 2.89 bits per heavy atom. The number of nitrogens with one attached hydrogen (secondary N) is 1. The molecule has 1 N–H and O–H groups in total. The average Bonchev–Trinajstić information content (AvgIpc) is 2.66. The van der Waals surface area contributed by atoms with Gasteiger partial charge in [-0.25, -0.2) is 0 Å². The molecule has 0 aliphatic carbocycles. The van der Waals surface area contributed by atoms with E-state index in [4.69, 9.17) is 0 Å². The third kappa shape index (κ3) is 1.39. The first-order valence-corrected chi connectivity index (χ1v) is 3.15. The molecule has 0 spiro atoms. The van der Waals surface area contributed by atoms with E-state index < -0.39 is 0 Å². The molecule has 0 bridgehead atoms. The van der Waals surface area contributed by atoms with Crippen molar-refractivity contribution in [2.24, 2.45) is 5.92 Å². The van der Waals surface area contributed by atoms with Crippen LogP contribution in [0, 0.1) is 5.92 Å². The highest BCUT2D eigenvalue weighted by atomic mass is 16.1. The lowest BCUT2D eigenvalue weighted by molar-refractivity contribution is -0.117. The summed E-state index contributed by atoms with van der Waals surface area (Å²) in [6, 6.07) is 0.426. The summed E-state index contributed by atoms with van der Waals surface area (Å²) >= 11 is 0. The fraction of sp³-hybridized carbons (Fsp3) is 0.571. The summed E-state index contributed by atoms with van der Waals surface area (Å²) in [6.07, 6.45) is 1.39. The summed E-state index contributed by atoms with van der Waals surface area (Å²) in [6.45, 7) is 6.33. The number of carbonyl (C=O) groups excluding carboxylic acids is 1. The van der Waals surface area contributed by atoms with Gasteiger partial charge >= 0.3 is 0 Å². The number of carbonyl (C=O) groups is 1. The third-order valence-corrected chi connectivity index (χ3v) is 1.69. The Kier molecular flexibility index (Phi) is 1.67. The molecule has 0 aromatic heterocycles. The molecule has 1 heterocycles. The van der Waals surface area contributed by atoms with Gasteiger partial charge in [0.2, 0.25) is 0 Å². The largest absolute Gasteiger partial charge is 0.310 e. The normalized spacial score (nSPS) is 27.0. The van der Waals surface area contributed by atoms with Crippen LogP contribution < -0.4 is 5.32 Å². The predicted molar refractivity (Wildman–Crippen MR) is 36.2 cm³/mol. The van der Waals surface area contributed by atoms with Gasteiger partial charge in [-0.2, -0.15) is 0 Å². The second kappa shape index (κ2) is 2.31. The van der Waals surface area contributed by atoms with Gasteiger partial charge in [-0.1, -0.05) is 13.5 Å². The summed E-state index contributed by atoms with van der Waals surface area (Å²) in [7, 11) is 0. The highest BCUT2D eigenvalue weighted by Crippen LogP contribution is 2.12. The van der Waals surface area contributed by atoms with Gasteiger partial charge in [0.25, 0.3) is 0 Å². The van der Waals surface area contributed by atoms with Gasteiger partial charge in [-0.15, -0.1) is 0 Å². The number of hydrogen-bond acceptors (Lipinski definition) is 2. The quantitative estimate of drug-likeness (QED) is 0.436. The molecule has 0 aromatic rings. The van der Waals surface area contributed by atoms with E-state index in [-0.39, 0.29) is 11.7 Å². The van der Waals surface area contributed by atoms with Crippen molar-refractivity contribution >= 4 is 5.78 Å². The molecule has 0 aromatic carbocycles. The maximum Gasteiger partial charge on any atom is 0.159 e. The fourth-order valence-electron chi connectivity index (χ4n) is 0.806. The van der Waals surface area contributed by atoms with Crippen molar-refractivity contribution in [3.63, 3.8) is 0 Å². The molecule has 1 saturated heterocycles. The van der Waals surface area contributed by atoms with Crippen LogP contribution >= 0.6 is 0 Å². The summed E-state index contributed by atoms with van der Waals surface area (Å²) in [4.78, 5) is 10.8. The summed E-state index contributed by atoms with van der Waals surface area (Å²) < 4.78 is 0. The summed E-state index contributed by atoms with van der Waals surface area (Å²) in [5, 5.41) is 3.08. The van der Waals surface area contributed by atoms with E-state index in [9.17, 15) is 4.79 Å². The minimum atomic E-state index is 0.127. The first-order chi connectivity index (χ1) is 4.25. The molecule has 1 rings (SSSR count). The predicted octanol–water partition coefficient (Wildman–Crippen LogP) is 0.349. The summed E-state index contributed by atoms with van der Waals surface area (Å²) in [5.41, 5.74) is 0. The van der Waals surface area contributed by atoms with E-state index in [2.05, 4.69) is 11.9 Å². The van der Waals surface area contributed by atoms with E-state index in [1.807, 2.05) is 6.92 Å². The SMILES string of the molecule is C=CC(=O)C(C)C1CN1. The molecule has 1 fully saturated rings. The zero-order valence-electron chi connectivity index (χ0n) is 5.55. The zero-order chi connectivity index (χ0) is 6.85. The van der Waals surface area contributed by atoms with Gasteiger partial charge < -0.3 is 5.32 Å². The Balaban J connectivity index is 2.39. The minimum absolute atomic E-state index is 0.127. The molecule has 1 aliphatic heterocycles. The molecule has 50 valence electrons. The first kappa shape index (κ1) is 6.49. The zero-order valence-corrected chi connectivity index (χ0v) is 5.55. The van der Waals surface area contributed by atoms with Crippen LogP contribution in [-0.4, -0.2) is 18.4 Å². The lowest BCUT2D eigenvalue weighted by Gasteiger charge is -2.00. The molecule has 1 aliphatic rings. The number of rotatable bonds is 3. The Bertz CT molecular complexity index is 138. The molecule has 0 amide bonds. The number of ketones is 1. The molecule has 9 heavy (non-hydrogen) atoms. The molecule has 2 heteroatoms. The second-order valence-corrected chi connectivity index (χ2v) is 2.41. The minimum Gasteiger partial charge on any atom is -0.310 e. The molecular weight excluding hydrogens is 114 g/mol. The highest BCUT2D eigenvalue weighted by molar-refractivity contribution is 5.91. The van der Waals surface area contributed by atoms with Crippen LogP contribution in [0.1, 0.15) is 6.92 Å². The van der Waals surface area contributed by atoms with Gasteiger partial charge in [0, 0.05) is 18.5 Å². The van der Waals surface area contributed by atoms with Gasteiger partial charge in [-0.05, 0) is 6.08 Å². The van der Waals surface area contributed by atoms with Gasteiger partial charge in [-0.3, -0.25) is 4.79 Å². The molecule has 2 unspecified atom stereocenters. The number of hydrogen-bond donors (Lipinski definition) is 1. The van der Waals surface area contributed by atoms with Gasteiger partial charge in [0.05, 0.1) is 0 Å². The van der Waals surface area contributed by atoms with Crippen molar-refractivity contribution in [2.45, 2.75) is 13.0 Å². The van der Waals surface area contributed by atoms with Crippen molar-refractivity contribution in [1.29, 1.82) is 0 Å². The van der Waals surface area contributed by atoms with Gasteiger partial charge in [0.1, 0.15) is 0 Å². The van der Waals surface area contributed by atoms with E-state index >= 15 is 0 Å².